The fraction of sp³-hybridized carbons (Fsp3) is 0.759. The van der Waals surface area contributed by atoms with Crippen molar-refractivity contribution in [1.29, 1.82) is 0 Å². The van der Waals surface area contributed by atoms with Crippen molar-refractivity contribution in [3.05, 3.63) is 72.9 Å². The van der Waals surface area contributed by atoms with E-state index in [1.807, 2.05) is 0 Å². The molecule has 3 atom stereocenters. The van der Waals surface area contributed by atoms with Gasteiger partial charge in [0.25, 0.3) is 0 Å². The first kappa shape index (κ1) is 61.3. The maximum absolute atomic E-state index is 13.2. The van der Waals surface area contributed by atoms with E-state index in [4.69, 9.17) is 4.74 Å². The minimum absolute atomic E-state index is 0.0411. The summed E-state index contributed by atoms with van der Waals surface area (Å²) in [5.74, 6) is -0.540. The first-order chi connectivity index (χ1) is 31.5. The molecule has 0 aromatic carbocycles. The quantitative estimate of drug-likeness (QED) is 0.0321. The summed E-state index contributed by atoms with van der Waals surface area (Å²) < 4.78 is 5.91. The number of esters is 1. The molecule has 1 amide bonds. The Morgan fingerprint density at radius 1 is 0.469 bits per heavy atom. The normalized spacial score (nSPS) is 13.8. The predicted molar refractivity (Wildman–Crippen MR) is 278 cm³/mol. The maximum Gasteiger partial charge on any atom is 0.306 e. The lowest BCUT2D eigenvalue weighted by Crippen LogP contribution is -2.46. The second-order valence-electron chi connectivity index (χ2n) is 18.2. The fourth-order valence-electron chi connectivity index (χ4n) is 7.93. The van der Waals surface area contributed by atoms with Crippen LogP contribution in [0.2, 0.25) is 0 Å². The van der Waals surface area contributed by atoms with E-state index in [1.165, 1.54) is 116 Å². The third-order valence-electron chi connectivity index (χ3n) is 12.0. The summed E-state index contributed by atoms with van der Waals surface area (Å²) in [7, 11) is 0. The summed E-state index contributed by atoms with van der Waals surface area (Å²) in [6, 6.07) is -0.719. The summed E-state index contributed by atoms with van der Waals surface area (Å²) in [4.78, 5) is 26.2. The molecule has 0 saturated carbocycles. The molecule has 0 aromatic rings. The van der Waals surface area contributed by atoms with E-state index < -0.39 is 18.2 Å². The van der Waals surface area contributed by atoms with Crippen LogP contribution in [-0.4, -0.2) is 46.9 Å². The van der Waals surface area contributed by atoms with Gasteiger partial charge in [-0.15, -0.1) is 0 Å². The summed E-state index contributed by atoms with van der Waals surface area (Å²) >= 11 is 0. The molecule has 0 bridgehead atoms. The van der Waals surface area contributed by atoms with Crippen LogP contribution in [-0.2, 0) is 14.3 Å². The number of nitrogens with one attached hydrogen (secondary N) is 1. The number of allylic oxidation sites excluding steroid dienone is 12. The molecule has 0 aromatic heterocycles. The van der Waals surface area contributed by atoms with Gasteiger partial charge in [0, 0.05) is 6.42 Å². The minimum Gasteiger partial charge on any atom is -0.462 e. The number of amides is 1. The maximum atomic E-state index is 13.2. The lowest BCUT2D eigenvalue weighted by Gasteiger charge is -2.24. The van der Waals surface area contributed by atoms with Gasteiger partial charge in [-0.3, -0.25) is 9.59 Å². The molecule has 0 fully saturated rings. The highest BCUT2D eigenvalue weighted by Crippen LogP contribution is 2.17. The molecule has 0 aliphatic rings. The van der Waals surface area contributed by atoms with Gasteiger partial charge in [0.1, 0.15) is 6.10 Å². The Labute approximate surface area is 396 Å². The van der Waals surface area contributed by atoms with Gasteiger partial charge >= 0.3 is 5.97 Å². The average Bonchev–Trinajstić information content (AvgIpc) is 3.29. The van der Waals surface area contributed by atoms with E-state index in [1.54, 1.807) is 0 Å². The first-order valence-corrected chi connectivity index (χ1v) is 27.2. The Morgan fingerprint density at radius 3 is 1.33 bits per heavy atom. The largest absolute Gasteiger partial charge is 0.462 e. The van der Waals surface area contributed by atoms with E-state index in [9.17, 15) is 19.8 Å². The molecular weight excluding hydrogens is 791 g/mol. The second kappa shape index (κ2) is 51.3. The van der Waals surface area contributed by atoms with Gasteiger partial charge in [-0.1, -0.05) is 229 Å². The van der Waals surface area contributed by atoms with E-state index in [-0.39, 0.29) is 24.9 Å². The van der Waals surface area contributed by atoms with Crippen LogP contribution in [0.4, 0.5) is 0 Å². The number of carbonyl (C=O) groups is 2. The van der Waals surface area contributed by atoms with Crippen LogP contribution in [0.1, 0.15) is 258 Å². The number of hydrogen-bond acceptors (Lipinski definition) is 5. The molecule has 0 heterocycles. The monoisotopic (exact) mass is 894 g/mol. The Morgan fingerprint density at radius 2 is 0.859 bits per heavy atom. The Balaban J connectivity index is 4.58. The Bertz CT molecular complexity index is 1190. The summed E-state index contributed by atoms with van der Waals surface area (Å²) in [6.45, 7) is 6.35. The SMILES string of the molecule is CC/C=C\C/C=C\C/C=C\C/C=C\C/C=C\CCCCCC(=O)OC(CCC/C=C\CCCCCCCC)CC(=O)NC(CO)C(O)CCCCCCCCCCCCCCCCC. The van der Waals surface area contributed by atoms with E-state index in [0.717, 1.165) is 96.3 Å². The molecule has 64 heavy (non-hydrogen) atoms. The third kappa shape index (κ3) is 45.9. The molecule has 0 spiro atoms. The molecular formula is C58H103NO5. The van der Waals surface area contributed by atoms with Gasteiger partial charge in [0.15, 0.2) is 0 Å². The van der Waals surface area contributed by atoms with Crippen molar-refractivity contribution in [2.24, 2.45) is 0 Å². The van der Waals surface area contributed by atoms with Crippen molar-refractivity contribution in [2.75, 3.05) is 6.61 Å². The highest BCUT2D eigenvalue weighted by atomic mass is 16.5. The molecule has 3 N–H and O–H groups in total. The fourth-order valence-corrected chi connectivity index (χ4v) is 7.93. The molecule has 6 nitrogen and oxygen atoms in total. The third-order valence-corrected chi connectivity index (χ3v) is 12.0. The topological polar surface area (TPSA) is 95.9 Å². The summed E-state index contributed by atoms with van der Waals surface area (Å²) in [5, 5.41) is 23.8. The zero-order valence-corrected chi connectivity index (χ0v) is 42.1. The number of aliphatic hydroxyl groups is 2. The van der Waals surface area contributed by atoms with Crippen molar-refractivity contribution in [3.63, 3.8) is 0 Å². The lowest BCUT2D eigenvalue weighted by molar-refractivity contribution is -0.151. The molecule has 3 unspecified atom stereocenters. The van der Waals surface area contributed by atoms with E-state index in [0.29, 0.717) is 19.3 Å². The summed E-state index contributed by atoms with van der Waals surface area (Å²) in [6.07, 6.45) is 65.4. The highest BCUT2D eigenvalue weighted by molar-refractivity contribution is 5.77. The lowest BCUT2D eigenvalue weighted by atomic mass is 10.0. The standard InChI is InChI=1S/C58H103NO5/c1-4-7-10-13-16-19-22-24-26-27-28-29-31-33-36-39-42-45-48-51-58(63)64-54(49-46-43-40-37-34-21-18-15-12-9-6-3)52-57(62)59-55(53-60)56(61)50-47-44-41-38-35-32-30-25-23-20-17-14-11-8-5-2/h7,10,16,19,24,26,28-29,33,36-37,40,54-56,60-61H,4-6,8-9,11-15,17-18,20-23,25,27,30-32,34-35,38-39,41-53H2,1-3H3,(H,59,62)/b10-7-,19-16-,26-24-,29-28-,36-33-,40-37-. The Kier molecular flexibility index (Phi) is 49.1. The molecule has 6 heteroatoms. The molecule has 0 radical (unpaired) electrons. The zero-order chi connectivity index (χ0) is 46.7. The minimum atomic E-state index is -0.802. The molecule has 0 aliphatic heterocycles. The van der Waals surface area contributed by atoms with Crippen molar-refractivity contribution >= 4 is 11.9 Å². The van der Waals surface area contributed by atoms with Gasteiger partial charge in [-0.25, -0.2) is 0 Å². The first-order valence-electron chi connectivity index (χ1n) is 27.2. The van der Waals surface area contributed by atoms with Gasteiger partial charge in [0.05, 0.1) is 25.2 Å². The van der Waals surface area contributed by atoms with Crippen LogP contribution in [0.5, 0.6) is 0 Å². The number of aliphatic hydroxyl groups excluding tert-OH is 2. The molecule has 370 valence electrons. The smallest absolute Gasteiger partial charge is 0.306 e. The predicted octanol–water partition coefficient (Wildman–Crippen LogP) is 16.6. The van der Waals surface area contributed by atoms with Crippen LogP contribution >= 0.6 is 0 Å². The van der Waals surface area contributed by atoms with Gasteiger partial charge in [0.2, 0.25) is 5.91 Å². The van der Waals surface area contributed by atoms with Crippen LogP contribution < -0.4 is 5.32 Å². The van der Waals surface area contributed by atoms with Crippen LogP contribution in [0.3, 0.4) is 0 Å². The van der Waals surface area contributed by atoms with Crippen LogP contribution in [0, 0.1) is 0 Å². The van der Waals surface area contributed by atoms with E-state index in [2.05, 4.69) is 99.0 Å². The number of unbranched alkanes of at least 4 members (excludes halogenated alkanes) is 24. The van der Waals surface area contributed by atoms with Gasteiger partial charge in [-0.2, -0.15) is 0 Å². The van der Waals surface area contributed by atoms with Crippen molar-refractivity contribution < 1.29 is 24.5 Å². The molecule has 0 aliphatic carbocycles. The summed E-state index contributed by atoms with van der Waals surface area (Å²) in [5.41, 5.74) is 0. The van der Waals surface area contributed by atoms with Crippen molar-refractivity contribution in [1.82, 2.24) is 5.32 Å². The second-order valence-corrected chi connectivity index (χ2v) is 18.2. The van der Waals surface area contributed by atoms with Crippen molar-refractivity contribution in [2.45, 2.75) is 277 Å². The van der Waals surface area contributed by atoms with Crippen molar-refractivity contribution in [3.8, 4) is 0 Å². The number of rotatable bonds is 48. The molecule has 0 saturated heterocycles. The number of hydrogen-bond donors (Lipinski definition) is 3. The van der Waals surface area contributed by atoms with E-state index >= 15 is 0 Å². The molecule has 0 rings (SSSR count). The average molecular weight is 894 g/mol. The van der Waals surface area contributed by atoms with Gasteiger partial charge < -0.3 is 20.3 Å². The highest BCUT2D eigenvalue weighted by Gasteiger charge is 2.24. The van der Waals surface area contributed by atoms with Crippen LogP contribution in [0.25, 0.3) is 0 Å². The number of ether oxygens (including phenoxy) is 1. The Hall–Kier alpha value is -2.70. The zero-order valence-electron chi connectivity index (χ0n) is 42.1. The number of carbonyl (C=O) groups excluding carboxylic acids is 2. The van der Waals surface area contributed by atoms with Crippen LogP contribution in [0.15, 0.2) is 72.9 Å². The van der Waals surface area contributed by atoms with Gasteiger partial charge in [-0.05, 0) is 89.9 Å².